The first kappa shape index (κ1) is 18.6. The summed E-state index contributed by atoms with van der Waals surface area (Å²) in [6.45, 7) is 1.62. The Morgan fingerprint density at radius 2 is 1.93 bits per heavy atom. The van der Waals surface area contributed by atoms with Gasteiger partial charge in [-0.25, -0.2) is 14.3 Å². The van der Waals surface area contributed by atoms with Crippen molar-refractivity contribution in [2.45, 2.75) is 18.3 Å². The molecule has 13 heteroatoms. The van der Waals surface area contributed by atoms with Crippen molar-refractivity contribution in [1.82, 2.24) is 19.6 Å². The quantitative estimate of drug-likeness (QED) is 0.684. The second kappa shape index (κ2) is 6.19. The van der Waals surface area contributed by atoms with Gasteiger partial charge in [-0.15, -0.1) is 5.10 Å². The molecule has 0 spiro atoms. The molecule has 0 aliphatic heterocycles. The molecule has 0 saturated carbocycles. The van der Waals surface area contributed by atoms with Crippen molar-refractivity contribution in [2.24, 2.45) is 0 Å². The zero-order valence-electron chi connectivity index (χ0n) is 13.4. The van der Waals surface area contributed by atoms with Crippen LogP contribution in [0.15, 0.2) is 35.6 Å². The van der Waals surface area contributed by atoms with Gasteiger partial charge in [-0.2, -0.15) is 26.6 Å². The van der Waals surface area contributed by atoms with Crippen molar-refractivity contribution < 1.29 is 31.5 Å². The second-order valence-electron chi connectivity index (χ2n) is 5.34. The van der Waals surface area contributed by atoms with Crippen LogP contribution < -0.4 is 4.72 Å². The number of halogens is 3. The fourth-order valence-electron chi connectivity index (χ4n) is 2.22. The zero-order valence-corrected chi connectivity index (χ0v) is 14.2. The first-order valence-electron chi connectivity index (χ1n) is 7.15. The number of anilines is 1. The summed E-state index contributed by atoms with van der Waals surface area (Å²) >= 11 is 0. The molecular formula is C14H10F3N5O4S. The van der Waals surface area contributed by atoms with Gasteiger partial charge in [-0.1, -0.05) is 6.07 Å². The molecule has 9 nitrogen and oxygen atoms in total. The molecule has 0 aliphatic rings. The Kier molecular flexibility index (Phi) is 4.26. The minimum Gasteiger partial charge on any atom is -0.478 e. The molecular weight excluding hydrogens is 391 g/mol. The van der Waals surface area contributed by atoms with Crippen LogP contribution in [-0.2, 0) is 16.2 Å². The predicted octanol–water partition coefficient (Wildman–Crippen LogP) is 1.95. The van der Waals surface area contributed by atoms with Crippen molar-refractivity contribution in [2.75, 3.05) is 4.72 Å². The highest BCUT2D eigenvalue weighted by Crippen LogP contribution is 2.37. The number of benzene rings is 1. The number of fused-ring (bicyclic) bond motifs is 1. The van der Waals surface area contributed by atoms with Crippen molar-refractivity contribution in [1.29, 1.82) is 0 Å². The number of hydrogen-bond acceptors (Lipinski definition) is 6. The van der Waals surface area contributed by atoms with Gasteiger partial charge in [0.15, 0.2) is 0 Å². The van der Waals surface area contributed by atoms with Gasteiger partial charge in [-0.3, -0.25) is 4.72 Å². The third-order valence-corrected chi connectivity index (χ3v) is 4.53. The van der Waals surface area contributed by atoms with Crippen molar-refractivity contribution >= 4 is 27.5 Å². The fraction of sp³-hybridized carbons (Fsp3) is 0.143. The SMILES string of the molecule is Cc1ccn2nc(S(=O)(=O)Nc3c(C(=O)O)cccc3C(F)(F)F)nc2n1. The largest absolute Gasteiger partial charge is 0.478 e. The fourth-order valence-corrected chi connectivity index (χ4v) is 3.19. The molecule has 2 heterocycles. The van der Waals surface area contributed by atoms with Crippen LogP contribution in [0, 0.1) is 6.92 Å². The summed E-state index contributed by atoms with van der Waals surface area (Å²) in [7, 11) is -4.72. The van der Waals surface area contributed by atoms with E-state index >= 15 is 0 Å². The van der Waals surface area contributed by atoms with E-state index in [-0.39, 0.29) is 5.78 Å². The normalized spacial score (nSPS) is 12.3. The highest BCUT2D eigenvalue weighted by Gasteiger charge is 2.37. The molecule has 3 rings (SSSR count). The highest BCUT2D eigenvalue weighted by atomic mass is 32.2. The Hall–Kier alpha value is -3.22. The summed E-state index contributed by atoms with van der Waals surface area (Å²) in [6, 6.07) is 3.79. The number of carbonyl (C=O) groups is 1. The molecule has 0 fully saturated rings. The third-order valence-electron chi connectivity index (χ3n) is 3.40. The number of aryl methyl sites for hydroxylation is 1. The van der Waals surface area contributed by atoms with E-state index in [1.54, 1.807) is 11.6 Å². The number of aromatic carboxylic acids is 1. The van der Waals surface area contributed by atoms with Gasteiger partial charge < -0.3 is 5.11 Å². The van der Waals surface area contributed by atoms with Crippen molar-refractivity contribution in [3.63, 3.8) is 0 Å². The van der Waals surface area contributed by atoms with Gasteiger partial charge in [0.1, 0.15) is 0 Å². The van der Waals surface area contributed by atoms with Crippen LogP contribution in [0.4, 0.5) is 18.9 Å². The minimum absolute atomic E-state index is 0.0852. The molecule has 27 heavy (non-hydrogen) atoms. The number of para-hydroxylation sites is 1. The van der Waals surface area contributed by atoms with E-state index in [2.05, 4.69) is 15.1 Å². The molecule has 2 aromatic heterocycles. The molecule has 142 valence electrons. The average Bonchev–Trinajstić information content (AvgIpc) is 2.97. The average molecular weight is 401 g/mol. The van der Waals surface area contributed by atoms with E-state index < -0.39 is 44.1 Å². The number of sulfonamides is 1. The van der Waals surface area contributed by atoms with Crippen LogP contribution in [0.5, 0.6) is 0 Å². The first-order valence-corrected chi connectivity index (χ1v) is 8.64. The Morgan fingerprint density at radius 1 is 1.22 bits per heavy atom. The lowest BCUT2D eigenvalue weighted by Crippen LogP contribution is -2.21. The lowest BCUT2D eigenvalue weighted by atomic mass is 10.1. The Morgan fingerprint density at radius 3 is 2.56 bits per heavy atom. The molecule has 0 aliphatic carbocycles. The van der Waals surface area contributed by atoms with Crippen LogP contribution >= 0.6 is 0 Å². The van der Waals surface area contributed by atoms with Gasteiger partial charge in [-0.05, 0) is 25.1 Å². The molecule has 0 atom stereocenters. The van der Waals surface area contributed by atoms with E-state index in [4.69, 9.17) is 5.11 Å². The summed E-state index contributed by atoms with van der Waals surface area (Å²) in [5.74, 6) is -1.82. The highest BCUT2D eigenvalue weighted by molar-refractivity contribution is 7.92. The number of alkyl halides is 3. The van der Waals surface area contributed by atoms with E-state index in [9.17, 15) is 26.4 Å². The molecule has 2 N–H and O–H groups in total. The number of carboxylic acid groups (broad SMARTS) is 1. The molecule has 0 amide bonds. The Labute approximate surface area is 149 Å². The van der Waals surface area contributed by atoms with Gasteiger partial charge >= 0.3 is 12.1 Å². The van der Waals surface area contributed by atoms with Gasteiger partial charge in [0.2, 0.25) is 0 Å². The third kappa shape index (κ3) is 3.53. The molecule has 0 saturated heterocycles. The Balaban J connectivity index is 2.13. The topological polar surface area (TPSA) is 127 Å². The van der Waals surface area contributed by atoms with E-state index in [1.807, 2.05) is 0 Å². The predicted molar refractivity (Wildman–Crippen MR) is 84.7 cm³/mol. The number of nitrogens with zero attached hydrogens (tertiary/aromatic N) is 4. The molecule has 0 radical (unpaired) electrons. The molecule has 1 aromatic carbocycles. The van der Waals surface area contributed by atoms with Crippen LogP contribution in [-0.4, -0.2) is 39.1 Å². The van der Waals surface area contributed by atoms with Crippen molar-refractivity contribution in [3.05, 3.63) is 47.3 Å². The standard InChI is InChI=1S/C14H10F3N5O4S/c1-7-5-6-22-12(18-7)19-13(20-22)27(25,26)21-10-8(11(23)24)3-2-4-9(10)14(15,16)17/h2-6,21H,1H3,(H,23,24). The maximum Gasteiger partial charge on any atom is 0.418 e. The molecule has 0 unspecified atom stereocenters. The number of carboxylic acids is 1. The second-order valence-corrected chi connectivity index (χ2v) is 6.92. The summed E-state index contributed by atoms with van der Waals surface area (Å²) in [5.41, 5.74) is -2.93. The van der Waals surface area contributed by atoms with Crippen molar-refractivity contribution in [3.8, 4) is 0 Å². The lowest BCUT2D eigenvalue weighted by Gasteiger charge is -2.15. The van der Waals surface area contributed by atoms with Gasteiger partial charge in [0, 0.05) is 11.9 Å². The van der Waals surface area contributed by atoms with E-state index in [1.165, 1.54) is 12.3 Å². The maximum absolute atomic E-state index is 13.2. The summed E-state index contributed by atoms with van der Waals surface area (Å²) < 4.78 is 67.2. The number of nitrogens with one attached hydrogen (secondary N) is 1. The van der Waals surface area contributed by atoms with Crippen LogP contribution in [0.25, 0.3) is 5.78 Å². The first-order chi connectivity index (χ1) is 12.5. The Bertz CT molecular complexity index is 1160. The van der Waals surface area contributed by atoms with Crippen LogP contribution in [0.3, 0.4) is 0 Å². The molecule has 3 aromatic rings. The zero-order chi connectivity index (χ0) is 20.0. The molecule has 0 bridgehead atoms. The number of aromatic nitrogens is 4. The number of rotatable bonds is 4. The monoisotopic (exact) mass is 401 g/mol. The lowest BCUT2D eigenvalue weighted by molar-refractivity contribution is -0.136. The van der Waals surface area contributed by atoms with Gasteiger partial charge in [0.05, 0.1) is 16.8 Å². The summed E-state index contributed by atoms with van der Waals surface area (Å²) in [5, 5.41) is 11.9. The summed E-state index contributed by atoms with van der Waals surface area (Å²) in [6.07, 6.45) is -3.62. The summed E-state index contributed by atoms with van der Waals surface area (Å²) in [4.78, 5) is 18.9. The van der Waals surface area contributed by atoms with E-state index in [0.717, 1.165) is 16.6 Å². The number of hydrogen-bond donors (Lipinski definition) is 2. The van der Waals surface area contributed by atoms with E-state index in [0.29, 0.717) is 11.8 Å². The maximum atomic E-state index is 13.2. The smallest absolute Gasteiger partial charge is 0.418 e. The van der Waals surface area contributed by atoms with Crippen LogP contribution in [0.2, 0.25) is 0 Å². The van der Waals surface area contributed by atoms with Gasteiger partial charge in [0.25, 0.3) is 21.0 Å². The van der Waals surface area contributed by atoms with Crippen LogP contribution in [0.1, 0.15) is 21.6 Å². The minimum atomic E-state index is -4.99.